The number of aromatic amines is 1. The van der Waals surface area contributed by atoms with Crippen molar-refractivity contribution in [3.63, 3.8) is 0 Å². The van der Waals surface area contributed by atoms with E-state index in [2.05, 4.69) is 57.3 Å². The molecule has 176 valence electrons. The number of H-pyrrole nitrogens is 1. The first-order valence-electron chi connectivity index (χ1n) is 13.1. The Balaban J connectivity index is 1.48. The summed E-state index contributed by atoms with van der Waals surface area (Å²) in [7, 11) is 0. The van der Waals surface area contributed by atoms with Crippen LogP contribution in [0.5, 0.6) is 0 Å². The van der Waals surface area contributed by atoms with Crippen LogP contribution in [0.1, 0.15) is 70.3 Å². The molecular weight excluding hydrogens is 420 g/mol. The number of amides is 1. The van der Waals surface area contributed by atoms with Crippen LogP contribution in [0.2, 0.25) is 0 Å². The summed E-state index contributed by atoms with van der Waals surface area (Å²) in [5, 5.41) is 4.67. The average Bonchev–Trinajstić information content (AvgIpc) is 3.50. The molecule has 2 saturated carbocycles. The zero-order valence-corrected chi connectivity index (χ0v) is 19.8. The molecule has 0 saturated heterocycles. The SMILES string of the molecule is O=C(NC1CCCCC1)C(C1CCCCC1)n1c(-c2ccc3cc[nH]c3c2)nc2ccccc21. The predicted octanol–water partition coefficient (Wildman–Crippen LogP) is 6.75. The van der Waals surface area contributed by atoms with E-state index in [1.54, 1.807) is 0 Å². The fraction of sp³-hybridized carbons (Fsp3) is 0.448. The number of carbonyl (C=O) groups excluding carboxylic acids is 1. The maximum Gasteiger partial charge on any atom is 0.243 e. The minimum Gasteiger partial charge on any atom is -0.361 e. The van der Waals surface area contributed by atoms with Crippen LogP contribution in [0.25, 0.3) is 33.3 Å². The van der Waals surface area contributed by atoms with Crippen molar-refractivity contribution in [2.45, 2.75) is 76.3 Å². The molecule has 2 aromatic heterocycles. The zero-order chi connectivity index (χ0) is 22.9. The second kappa shape index (κ2) is 9.28. The zero-order valence-electron chi connectivity index (χ0n) is 19.8. The van der Waals surface area contributed by atoms with Crippen LogP contribution in [0, 0.1) is 5.92 Å². The Bertz CT molecular complexity index is 1290. The highest BCUT2D eigenvalue weighted by Gasteiger charge is 2.35. The summed E-state index contributed by atoms with van der Waals surface area (Å²) < 4.78 is 2.27. The first-order valence-corrected chi connectivity index (χ1v) is 13.1. The van der Waals surface area contributed by atoms with Crippen LogP contribution in [-0.2, 0) is 4.79 Å². The summed E-state index contributed by atoms with van der Waals surface area (Å²) in [5.41, 5.74) is 4.16. The molecule has 0 aliphatic heterocycles. The van der Waals surface area contributed by atoms with Gasteiger partial charge in [-0.1, -0.05) is 62.8 Å². The van der Waals surface area contributed by atoms with Gasteiger partial charge in [-0.15, -0.1) is 0 Å². The lowest BCUT2D eigenvalue weighted by atomic mass is 9.82. The van der Waals surface area contributed by atoms with Crippen molar-refractivity contribution in [3.05, 3.63) is 54.7 Å². The van der Waals surface area contributed by atoms with Crippen molar-refractivity contribution in [2.24, 2.45) is 5.92 Å². The third-order valence-corrected chi connectivity index (χ3v) is 8.00. The van der Waals surface area contributed by atoms with Crippen LogP contribution in [-0.4, -0.2) is 26.5 Å². The Kier molecular flexibility index (Phi) is 5.86. The minimum atomic E-state index is -0.232. The van der Waals surface area contributed by atoms with E-state index in [1.807, 2.05) is 12.3 Å². The van der Waals surface area contributed by atoms with Gasteiger partial charge in [-0.25, -0.2) is 4.98 Å². The number of aromatic nitrogens is 3. The van der Waals surface area contributed by atoms with Gasteiger partial charge in [-0.05, 0) is 61.3 Å². The molecule has 34 heavy (non-hydrogen) atoms. The van der Waals surface area contributed by atoms with Gasteiger partial charge in [0, 0.05) is 23.3 Å². The Morgan fingerprint density at radius 1 is 0.941 bits per heavy atom. The van der Waals surface area contributed by atoms with Gasteiger partial charge in [0.2, 0.25) is 5.91 Å². The lowest BCUT2D eigenvalue weighted by molar-refractivity contribution is -0.127. The van der Waals surface area contributed by atoms with E-state index in [-0.39, 0.29) is 11.9 Å². The molecule has 0 spiro atoms. The molecule has 0 bridgehead atoms. The monoisotopic (exact) mass is 454 g/mol. The molecule has 1 amide bonds. The number of carbonyl (C=O) groups is 1. The standard InChI is InChI=1S/C29H34N4O/c34-29(31-23-11-5-2-6-12-23)27(21-9-3-1-4-10-21)33-26-14-8-7-13-24(26)32-28(33)22-16-15-20-17-18-30-25(20)19-22/h7-8,13-19,21,23,27,30H,1-6,9-12H2,(H,31,34). The Morgan fingerprint density at radius 3 is 2.53 bits per heavy atom. The molecule has 2 N–H and O–H groups in total. The number of hydrogen-bond acceptors (Lipinski definition) is 2. The van der Waals surface area contributed by atoms with E-state index < -0.39 is 0 Å². The topological polar surface area (TPSA) is 62.7 Å². The quantitative estimate of drug-likeness (QED) is 0.350. The summed E-state index contributed by atoms with van der Waals surface area (Å²) in [6, 6.07) is 16.9. The van der Waals surface area contributed by atoms with Gasteiger partial charge < -0.3 is 14.9 Å². The van der Waals surface area contributed by atoms with Crippen molar-refractivity contribution in [1.82, 2.24) is 19.9 Å². The molecule has 5 nitrogen and oxygen atoms in total. The van der Waals surface area contributed by atoms with Crippen LogP contribution < -0.4 is 5.32 Å². The van der Waals surface area contributed by atoms with Crippen LogP contribution in [0.3, 0.4) is 0 Å². The number of hydrogen-bond donors (Lipinski definition) is 2. The largest absolute Gasteiger partial charge is 0.361 e. The maximum absolute atomic E-state index is 14.0. The third kappa shape index (κ3) is 4.02. The highest BCUT2D eigenvalue weighted by Crippen LogP contribution is 2.39. The van der Waals surface area contributed by atoms with Crippen molar-refractivity contribution in [1.29, 1.82) is 0 Å². The molecule has 5 heteroatoms. The second-order valence-corrected chi connectivity index (χ2v) is 10.3. The summed E-state index contributed by atoms with van der Waals surface area (Å²) in [6.45, 7) is 0. The molecular formula is C29H34N4O. The molecule has 1 atom stereocenters. The van der Waals surface area contributed by atoms with Crippen molar-refractivity contribution in [3.8, 4) is 11.4 Å². The van der Waals surface area contributed by atoms with Crippen LogP contribution >= 0.6 is 0 Å². The van der Waals surface area contributed by atoms with E-state index in [0.717, 1.165) is 53.6 Å². The first-order chi connectivity index (χ1) is 16.8. The first kappa shape index (κ1) is 21.5. The predicted molar refractivity (Wildman–Crippen MR) is 138 cm³/mol. The van der Waals surface area contributed by atoms with Crippen molar-refractivity contribution < 1.29 is 4.79 Å². The number of nitrogens with zero attached hydrogens (tertiary/aromatic N) is 2. The number of nitrogens with one attached hydrogen (secondary N) is 2. The molecule has 2 heterocycles. The number of para-hydroxylation sites is 2. The van der Waals surface area contributed by atoms with Crippen LogP contribution in [0.15, 0.2) is 54.7 Å². The number of imidazole rings is 1. The highest BCUT2D eigenvalue weighted by atomic mass is 16.2. The Labute approximate surface area is 201 Å². The average molecular weight is 455 g/mol. The maximum atomic E-state index is 14.0. The van der Waals surface area contributed by atoms with Crippen LogP contribution in [0.4, 0.5) is 0 Å². The molecule has 2 aromatic carbocycles. The molecule has 2 aliphatic rings. The number of fused-ring (bicyclic) bond motifs is 2. The molecule has 2 aliphatic carbocycles. The van der Waals surface area contributed by atoms with E-state index in [4.69, 9.17) is 4.98 Å². The smallest absolute Gasteiger partial charge is 0.243 e. The van der Waals surface area contributed by atoms with Gasteiger partial charge in [0.05, 0.1) is 11.0 Å². The molecule has 1 unspecified atom stereocenters. The second-order valence-electron chi connectivity index (χ2n) is 10.3. The van der Waals surface area contributed by atoms with Crippen molar-refractivity contribution >= 4 is 27.8 Å². The lowest BCUT2D eigenvalue weighted by Gasteiger charge is -2.33. The van der Waals surface area contributed by atoms with Gasteiger partial charge in [0.15, 0.2) is 0 Å². The summed E-state index contributed by atoms with van der Waals surface area (Å²) in [5.74, 6) is 1.42. The summed E-state index contributed by atoms with van der Waals surface area (Å²) in [6.07, 6.45) is 13.8. The van der Waals surface area contributed by atoms with Gasteiger partial charge in [0.25, 0.3) is 0 Å². The number of rotatable bonds is 5. The third-order valence-electron chi connectivity index (χ3n) is 8.00. The van der Waals surface area contributed by atoms with Gasteiger partial charge in [0.1, 0.15) is 11.9 Å². The fourth-order valence-electron chi connectivity index (χ4n) is 6.24. The van der Waals surface area contributed by atoms with E-state index in [0.29, 0.717) is 12.0 Å². The van der Waals surface area contributed by atoms with Gasteiger partial charge in [-0.3, -0.25) is 4.79 Å². The minimum absolute atomic E-state index is 0.184. The van der Waals surface area contributed by atoms with Gasteiger partial charge in [-0.2, -0.15) is 0 Å². The number of benzene rings is 2. The van der Waals surface area contributed by atoms with Crippen molar-refractivity contribution in [2.75, 3.05) is 0 Å². The molecule has 0 radical (unpaired) electrons. The molecule has 2 fully saturated rings. The normalized spacial score (nSPS) is 18.9. The molecule has 4 aromatic rings. The summed E-state index contributed by atoms with van der Waals surface area (Å²) >= 11 is 0. The fourth-order valence-corrected chi connectivity index (χ4v) is 6.24. The Morgan fingerprint density at radius 2 is 1.71 bits per heavy atom. The van der Waals surface area contributed by atoms with E-state index in [9.17, 15) is 4.79 Å². The van der Waals surface area contributed by atoms with E-state index in [1.165, 1.54) is 43.9 Å². The summed E-state index contributed by atoms with van der Waals surface area (Å²) in [4.78, 5) is 22.5. The van der Waals surface area contributed by atoms with E-state index >= 15 is 0 Å². The van der Waals surface area contributed by atoms with Gasteiger partial charge >= 0.3 is 0 Å². The highest BCUT2D eigenvalue weighted by molar-refractivity contribution is 5.89. The Hall–Kier alpha value is -3.08. The molecule has 6 rings (SSSR count). The lowest BCUT2D eigenvalue weighted by Crippen LogP contribution is -2.43.